The van der Waals surface area contributed by atoms with E-state index < -0.39 is 0 Å². The molecule has 0 saturated heterocycles. The Morgan fingerprint density at radius 1 is 1.28 bits per heavy atom. The molecule has 2 aromatic rings. The average molecular weight is 282 g/mol. The van der Waals surface area contributed by atoms with Gasteiger partial charge in [-0.05, 0) is 42.2 Å². The van der Waals surface area contributed by atoms with Crippen molar-refractivity contribution in [3.05, 3.63) is 45.4 Å². The molecule has 2 rings (SSSR count). The minimum absolute atomic E-state index is 0.155. The topological polar surface area (TPSA) is 37.8 Å². The molecule has 96 valence electrons. The second-order valence-corrected chi connectivity index (χ2v) is 5.20. The van der Waals surface area contributed by atoms with Crippen molar-refractivity contribution in [2.45, 2.75) is 26.3 Å². The zero-order valence-electron chi connectivity index (χ0n) is 10.5. The van der Waals surface area contributed by atoms with Crippen LogP contribution < -0.4 is 5.32 Å². The third kappa shape index (κ3) is 2.88. The van der Waals surface area contributed by atoms with Crippen LogP contribution in [-0.4, -0.2) is 16.1 Å². The predicted octanol–water partition coefficient (Wildman–Crippen LogP) is 3.45. The summed E-state index contributed by atoms with van der Waals surface area (Å²) in [6.45, 7) is 5.10. The Hall–Kier alpha value is -0.970. The van der Waals surface area contributed by atoms with Gasteiger partial charge in [-0.3, -0.25) is 0 Å². The Balaban J connectivity index is 2.36. The standard InChI is InChI=1S/C13H16ClN3S/c1-3-11-13(18-17-16-11)12(15-4-2)9-5-7-10(14)8-6-9/h5-8,12,15H,3-4H2,1-2H3. The Morgan fingerprint density at radius 2 is 2.00 bits per heavy atom. The molecule has 0 aliphatic rings. The molecule has 0 bridgehead atoms. The van der Waals surface area contributed by atoms with Gasteiger partial charge in [-0.2, -0.15) is 0 Å². The summed E-state index contributed by atoms with van der Waals surface area (Å²) in [5, 5.41) is 8.42. The monoisotopic (exact) mass is 281 g/mol. The van der Waals surface area contributed by atoms with Crippen LogP contribution in [0.2, 0.25) is 5.02 Å². The molecule has 0 aliphatic heterocycles. The first-order valence-electron chi connectivity index (χ1n) is 6.06. The summed E-state index contributed by atoms with van der Waals surface area (Å²) in [7, 11) is 0. The zero-order chi connectivity index (χ0) is 13.0. The van der Waals surface area contributed by atoms with Crippen LogP contribution in [0.3, 0.4) is 0 Å². The van der Waals surface area contributed by atoms with Crippen molar-refractivity contribution in [1.29, 1.82) is 0 Å². The van der Waals surface area contributed by atoms with Crippen LogP contribution >= 0.6 is 23.1 Å². The van der Waals surface area contributed by atoms with Gasteiger partial charge >= 0.3 is 0 Å². The summed E-state index contributed by atoms with van der Waals surface area (Å²) in [5.41, 5.74) is 2.27. The van der Waals surface area contributed by atoms with Crippen LogP contribution in [-0.2, 0) is 6.42 Å². The van der Waals surface area contributed by atoms with Crippen molar-refractivity contribution in [3.63, 3.8) is 0 Å². The molecule has 1 unspecified atom stereocenters. The van der Waals surface area contributed by atoms with E-state index in [1.54, 1.807) is 0 Å². The van der Waals surface area contributed by atoms with Crippen molar-refractivity contribution in [3.8, 4) is 0 Å². The zero-order valence-corrected chi connectivity index (χ0v) is 12.1. The normalized spacial score (nSPS) is 12.6. The third-order valence-corrected chi connectivity index (χ3v) is 3.88. The fourth-order valence-corrected chi connectivity index (χ4v) is 2.87. The lowest BCUT2D eigenvalue weighted by molar-refractivity contribution is 0.633. The van der Waals surface area contributed by atoms with Crippen LogP contribution in [0, 0.1) is 0 Å². The molecule has 0 fully saturated rings. The number of rotatable bonds is 5. The maximum atomic E-state index is 5.93. The molecular weight excluding hydrogens is 266 g/mol. The van der Waals surface area contributed by atoms with Gasteiger partial charge in [-0.25, -0.2) is 0 Å². The molecule has 0 amide bonds. The van der Waals surface area contributed by atoms with E-state index in [0.717, 1.165) is 23.7 Å². The molecule has 3 nitrogen and oxygen atoms in total. The Bertz CT molecular complexity index is 495. The van der Waals surface area contributed by atoms with Crippen molar-refractivity contribution < 1.29 is 0 Å². The quantitative estimate of drug-likeness (QED) is 0.912. The molecular formula is C13H16ClN3S. The molecule has 18 heavy (non-hydrogen) atoms. The van der Waals surface area contributed by atoms with Crippen molar-refractivity contribution in [1.82, 2.24) is 14.9 Å². The van der Waals surface area contributed by atoms with E-state index in [2.05, 4.69) is 40.9 Å². The van der Waals surface area contributed by atoms with Crippen molar-refractivity contribution >= 4 is 23.1 Å². The number of nitrogens with zero attached hydrogens (tertiary/aromatic N) is 2. The highest BCUT2D eigenvalue weighted by Gasteiger charge is 2.19. The van der Waals surface area contributed by atoms with Crippen LogP contribution in [0.4, 0.5) is 0 Å². The molecule has 0 saturated carbocycles. The molecule has 0 radical (unpaired) electrons. The van der Waals surface area contributed by atoms with E-state index in [-0.39, 0.29) is 6.04 Å². The number of hydrogen-bond acceptors (Lipinski definition) is 4. The maximum Gasteiger partial charge on any atom is 0.0804 e. The minimum Gasteiger partial charge on any atom is -0.306 e. The van der Waals surface area contributed by atoms with Crippen LogP contribution in [0.1, 0.15) is 36.0 Å². The summed E-state index contributed by atoms with van der Waals surface area (Å²) in [6, 6.07) is 8.09. The van der Waals surface area contributed by atoms with E-state index in [1.807, 2.05) is 12.1 Å². The summed E-state index contributed by atoms with van der Waals surface area (Å²) in [6.07, 6.45) is 0.904. The fourth-order valence-electron chi connectivity index (χ4n) is 1.90. The maximum absolute atomic E-state index is 5.93. The first-order chi connectivity index (χ1) is 8.76. The van der Waals surface area contributed by atoms with E-state index in [1.165, 1.54) is 22.0 Å². The molecule has 1 aromatic heterocycles. The third-order valence-electron chi connectivity index (χ3n) is 2.79. The SMILES string of the molecule is CCNC(c1ccc(Cl)cc1)c1snnc1CC. The van der Waals surface area contributed by atoms with Crippen LogP contribution in [0.15, 0.2) is 24.3 Å². The van der Waals surface area contributed by atoms with Crippen molar-refractivity contribution in [2.75, 3.05) is 6.54 Å². The molecule has 1 heterocycles. The summed E-state index contributed by atoms with van der Waals surface area (Å²) < 4.78 is 4.06. The lowest BCUT2D eigenvalue weighted by atomic mass is 10.0. The number of benzene rings is 1. The number of aryl methyl sites for hydroxylation is 1. The first kappa shape index (κ1) is 13.5. The van der Waals surface area contributed by atoms with E-state index in [9.17, 15) is 0 Å². The van der Waals surface area contributed by atoms with Gasteiger partial charge < -0.3 is 5.32 Å². The molecule has 5 heteroatoms. The number of hydrogen-bond donors (Lipinski definition) is 1. The summed E-state index contributed by atoms with van der Waals surface area (Å²) >= 11 is 7.40. The lowest BCUT2D eigenvalue weighted by Gasteiger charge is -2.17. The second-order valence-electron chi connectivity index (χ2n) is 3.98. The molecule has 0 aliphatic carbocycles. The molecule has 0 spiro atoms. The Labute approximate surface area is 116 Å². The summed E-state index contributed by atoms with van der Waals surface area (Å²) in [5.74, 6) is 0. The minimum atomic E-state index is 0.155. The van der Waals surface area contributed by atoms with Gasteiger partial charge in [0, 0.05) is 5.02 Å². The highest BCUT2D eigenvalue weighted by atomic mass is 35.5. The van der Waals surface area contributed by atoms with Gasteiger partial charge in [-0.1, -0.05) is 42.1 Å². The van der Waals surface area contributed by atoms with E-state index in [4.69, 9.17) is 11.6 Å². The van der Waals surface area contributed by atoms with E-state index in [0.29, 0.717) is 0 Å². The smallest absolute Gasteiger partial charge is 0.0804 e. The fraction of sp³-hybridized carbons (Fsp3) is 0.385. The summed E-state index contributed by atoms with van der Waals surface area (Å²) in [4.78, 5) is 1.20. The van der Waals surface area contributed by atoms with Crippen LogP contribution in [0.25, 0.3) is 0 Å². The molecule has 1 atom stereocenters. The van der Waals surface area contributed by atoms with Gasteiger partial charge in [0.15, 0.2) is 0 Å². The van der Waals surface area contributed by atoms with E-state index >= 15 is 0 Å². The largest absolute Gasteiger partial charge is 0.306 e. The average Bonchev–Trinajstić information content (AvgIpc) is 2.85. The van der Waals surface area contributed by atoms with Gasteiger partial charge in [0.1, 0.15) is 0 Å². The van der Waals surface area contributed by atoms with Gasteiger partial charge in [0.25, 0.3) is 0 Å². The van der Waals surface area contributed by atoms with Gasteiger partial charge in [0.2, 0.25) is 0 Å². The second kappa shape index (κ2) is 6.27. The van der Waals surface area contributed by atoms with Crippen LogP contribution in [0.5, 0.6) is 0 Å². The van der Waals surface area contributed by atoms with Gasteiger partial charge in [-0.15, -0.1) is 5.10 Å². The highest BCUT2D eigenvalue weighted by Crippen LogP contribution is 2.28. The molecule has 1 aromatic carbocycles. The number of nitrogens with one attached hydrogen (secondary N) is 1. The Kier molecular flexibility index (Phi) is 4.69. The predicted molar refractivity (Wildman–Crippen MR) is 76.3 cm³/mol. The Morgan fingerprint density at radius 3 is 2.61 bits per heavy atom. The lowest BCUT2D eigenvalue weighted by Crippen LogP contribution is -2.22. The number of aromatic nitrogens is 2. The first-order valence-corrected chi connectivity index (χ1v) is 7.21. The van der Waals surface area contributed by atoms with Gasteiger partial charge in [0.05, 0.1) is 16.6 Å². The molecule has 1 N–H and O–H groups in total. The number of halogens is 1. The highest BCUT2D eigenvalue weighted by molar-refractivity contribution is 7.05. The van der Waals surface area contributed by atoms with Crippen molar-refractivity contribution in [2.24, 2.45) is 0 Å².